The molecule has 0 amide bonds. The smallest absolute Gasteiger partial charge is 0.338 e. The molecule has 1 unspecified atom stereocenters. The highest BCUT2D eigenvalue weighted by molar-refractivity contribution is 7.07. The minimum absolute atomic E-state index is 0.202. The second-order valence-corrected chi connectivity index (χ2v) is 9.97. The molecule has 0 radical (unpaired) electrons. The van der Waals surface area contributed by atoms with Crippen LogP contribution in [0.4, 0.5) is 0 Å². The van der Waals surface area contributed by atoms with Crippen molar-refractivity contribution in [1.82, 2.24) is 9.13 Å². The van der Waals surface area contributed by atoms with Crippen molar-refractivity contribution in [3.63, 3.8) is 0 Å². The Balaban J connectivity index is 1.75. The van der Waals surface area contributed by atoms with E-state index in [1.54, 1.807) is 44.8 Å². The number of ether oxygens (including phenoxy) is 3. The van der Waals surface area contributed by atoms with Gasteiger partial charge in [0.15, 0.2) is 16.3 Å². The van der Waals surface area contributed by atoms with Gasteiger partial charge in [-0.25, -0.2) is 9.79 Å². The highest BCUT2D eigenvalue weighted by Gasteiger charge is 2.34. The van der Waals surface area contributed by atoms with Crippen molar-refractivity contribution in [1.29, 1.82) is 0 Å². The lowest BCUT2D eigenvalue weighted by molar-refractivity contribution is -0.139. The van der Waals surface area contributed by atoms with Crippen LogP contribution in [0.15, 0.2) is 82.4 Å². The van der Waals surface area contributed by atoms with Crippen molar-refractivity contribution in [3.05, 3.63) is 103 Å². The van der Waals surface area contributed by atoms with Crippen molar-refractivity contribution >= 4 is 34.3 Å². The van der Waals surface area contributed by atoms with Gasteiger partial charge in [0.1, 0.15) is 0 Å². The Labute approximate surface area is 229 Å². The molecule has 200 valence electrons. The fourth-order valence-electron chi connectivity index (χ4n) is 4.95. The first-order valence-electron chi connectivity index (χ1n) is 12.5. The van der Waals surface area contributed by atoms with Gasteiger partial charge in [0.05, 0.1) is 42.7 Å². The van der Waals surface area contributed by atoms with E-state index in [0.29, 0.717) is 44.2 Å². The average molecular weight is 544 g/mol. The van der Waals surface area contributed by atoms with Crippen LogP contribution in [-0.4, -0.2) is 35.9 Å². The van der Waals surface area contributed by atoms with E-state index in [4.69, 9.17) is 14.2 Å². The average Bonchev–Trinajstić information content (AvgIpc) is 3.44. The van der Waals surface area contributed by atoms with Gasteiger partial charge >= 0.3 is 5.97 Å². The lowest BCUT2D eigenvalue weighted by Crippen LogP contribution is -2.39. The van der Waals surface area contributed by atoms with Gasteiger partial charge in [-0.05, 0) is 43.7 Å². The number of carbonyl (C=O) groups is 1. The van der Waals surface area contributed by atoms with Crippen LogP contribution in [0.5, 0.6) is 11.5 Å². The van der Waals surface area contributed by atoms with Crippen LogP contribution in [0.25, 0.3) is 17.0 Å². The van der Waals surface area contributed by atoms with Crippen LogP contribution in [-0.2, 0) is 16.1 Å². The minimum atomic E-state index is -0.746. The van der Waals surface area contributed by atoms with Crippen molar-refractivity contribution in [2.45, 2.75) is 26.4 Å². The molecule has 2 aromatic heterocycles. The van der Waals surface area contributed by atoms with E-state index in [1.165, 1.54) is 11.3 Å². The molecule has 9 heteroatoms. The zero-order valence-corrected chi connectivity index (χ0v) is 23.1. The summed E-state index contributed by atoms with van der Waals surface area (Å²) in [5, 5.41) is 1.03. The zero-order valence-electron chi connectivity index (χ0n) is 22.3. The quantitative estimate of drug-likeness (QED) is 0.248. The Morgan fingerprint density at radius 2 is 1.92 bits per heavy atom. The first-order chi connectivity index (χ1) is 18.9. The van der Waals surface area contributed by atoms with Gasteiger partial charge in [-0.1, -0.05) is 41.7 Å². The van der Waals surface area contributed by atoms with Gasteiger partial charge in [0, 0.05) is 29.2 Å². The van der Waals surface area contributed by atoms with E-state index in [1.807, 2.05) is 48.7 Å². The molecule has 0 aliphatic carbocycles. The highest BCUT2D eigenvalue weighted by atomic mass is 32.1. The van der Waals surface area contributed by atoms with Crippen LogP contribution >= 0.6 is 11.3 Å². The summed E-state index contributed by atoms with van der Waals surface area (Å²) >= 11 is 1.29. The molecule has 0 saturated carbocycles. The Bertz CT molecular complexity index is 1810. The SMILES string of the molecule is C=CCn1cc(/C=c2\sc3n(c2=O)C(c2ccc(OC)c(OC)c2)C(C(=O)OCC)=C(C)N=3)c2ccccc21. The first kappa shape index (κ1) is 26.2. The number of aromatic nitrogens is 2. The molecule has 0 bridgehead atoms. The van der Waals surface area contributed by atoms with Crippen LogP contribution in [0.3, 0.4) is 0 Å². The second-order valence-electron chi connectivity index (χ2n) is 8.96. The Kier molecular flexibility index (Phi) is 7.26. The van der Waals surface area contributed by atoms with E-state index < -0.39 is 12.0 Å². The van der Waals surface area contributed by atoms with Crippen molar-refractivity contribution in [3.8, 4) is 11.5 Å². The molecule has 1 aliphatic rings. The standard InChI is InChI=1S/C30H29N3O5S/c1-6-14-32-17-20(21-10-8-9-11-22(21)32)16-25-28(34)33-27(19-12-13-23(36-4)24(15-19)37-5)26(29(35)38-7-2)18(3)31-30(33)39-25/h6,8-13,15-17,27H,1,7,14H2,2-5H3/b25-16-. The Hall–Kier alpha value is -4.37. The van der Waals surface area contributed by atoms with Crippen molar-refractivity contribution in [2.75, 3.05) is 20.8 Å². The number of benzene rings is 2. The number of nitrogens with zero attached hydrogens (tertiary/aromatic N) is 3. The van der Waals surface area contributed by atoms with Crippen LogP contribution in [0.2, 0.25) is 0 Å². The maximum Gasteiger partial charge on any atom is 0.338 e. The second kappa shape index (κ2) is 10.8. The molecule has 0 fully saturated rings. The Morgan fingerprint density at radius 3 is 2.64 bits per heavy atom. The number of carbonyl (C=O) groups excluding carboxylic acids is 1. The molecule has 5 rings (SSSR count). The lowest BCUT2D eigenvalue weighted by atomic mass is 9.95. The van der Waals surface area contributed by atoms with Gasteiger partial charge < -0.3 is 18.8 Å². The molecular formula is C30H29N3O5S. The number of para-hydroxylation sites is 1. The number of esters is 1. The van der Waals surface area contributed by atoms with Gasteiger partial charge in [0.2, 0.25) is 0 Å². The molecule has 1 atom stereocenters. The summed E-state index contributed by atoms with van der Waals surface area (Å²) in [6, 6.07) is 12.7. The van der Waals surface area contributed by atoms with E-state index in [2.05, 4.69) is 16.1 Å². The lowest BCUT2D eigenvalue weighted by Gasteiger charge is -2.25. The van der Waals surface area contributed by atoms with E-state index in [9.17, 15) is 9.59 Å². The van der Waals surface area contributed by atoms with E-state index >= 15 is 0 Å². The molecule has 0 saturated heterocycles. The number of fused-ring (bicyclic) bond motifs is 2. The van der Waals surface area contributed by atoms with Gasteiger partial charge in [-0.3, -0.25) is 9.36 Å². The number of allylic oxidation sites excluding steroid dienone is 2. The minimum Gasteiger partial charge on any atom is -0.493 e. The molecule has 2 aromatic carbocycles. The summed E-state index contributed by atoms with van der Waals surface area (Å²) in [5.41, 5.74) is 3.23. The highest BCUT2D eigenvalue weighted by Crippen LogP contribution is 2.36. The predicted molar refractivity (Wildman–Crippen MR) is 152 cm³/mol. The van der Waals surface area contributed by atoms with Gasteiger partial charge in [-0.15, -0.1) is 6.58 Å². The van der Waals surface area contributed by atoms with Crippen LogP contribution in [0, 0.1) is 0 Å². The largest absolute Gasteiger partial charge is 0.493 e. The number of hydrogen-bond donors (Lipinski definition) is 0. The van der Waals surface area contributed by atoms with Crippen LogP contribution in [0.1, 0.15) is 31.0 Å². The fourth-order valence-corrected chi connectivity index (χ4v) is 5.99. The third-order valence-corrected chi connectivity index (χ3v) is 7.66. The first-order valence-corrected chi connectivity index (χ1v) is 13.3. The number of rotatable bonds is 8. The van der Waals surface area contributed by atoms with E-state index in [0.717, 1.165) is 16.5 Å². The summed E-state index contributed by atoms with van der Waals surface area (Å²) in [5.74, 6) is 0.522. The number of methoxy groups -OCH3 is 2. The molecule has 8 nitrogen and oxygen atoms in total. The summed E-state index contributed by atoms with van der Waals surface area (Å²) in [6.45, 7) is 8.22. The fraction of sp³-hybridized carbons (Fsp3) is 0.233. The topological polar surface area (TPSA) is 84.0 Å². The molecule has 0 N–H and O–H groups in total. The van der Waals surface area contributed by atoms with Crippen molar-refractivity contribution in [2.24, 2.45) is 4.99 Å². The maximum absolute atomic E-state index is 14.0. The summed E-state index contributed by atoms with van der Waals surface area (Å²) in [6.07, 6.45) is 5.75. The monoisotopic (exact) mass is 543 g/mol. The Morgan fingerprint density at radius 1 is 1.15 bits per heavy atom. The molecule has 3 heterocycles. The zero-order chi connectivity index (χ0) is 27.7. The number of hydrogen-bond acceptors (Lipinski definition) is 7. The normalized spacial score (nSPS) is 15.2. The van der Waals surface area contributed by atoms with Crippen molar-refractivity contribution < 1.29 is 19.0 Å². The molecule has 0 spiro atoms. The van der Waals surface area contributed by atoms with Gasteiger partial charge in [0.25, 0.3) is 5.56 Å². The predicted octanol–water partition coefficient (Wildman–Crippen LogP) is 3.96. The molecule has 39 heavy (non-hydrogen) atoms. The maximum atomic E-state index is 14.0. The van der Waals surface area contributed by atoms with E-state index in [-0.39, 0.29) is 12.2 Å². The third kappa shape index (κ3) is 4.59. The molecule has 1 aliphatic heterocycles. The summed E-state index contributed by atoms with van der Waals surface area (Å²) < 4.78 is 20.5. The van der Waals surface area contributed by atoms with Gasteiger partial charge in [-0.2, -0.15) is 0 Å². The molecule has 4 aromatic rings. The molecular weight excluding hydrogens is 514 g/mol. The third-order valence-electron chi connectivity index (χ3n) is 6.67. The summed E-state index contributed by atoms with van der Waals surface area (Å²) in [7, 11) is 3.10. The number of thiazole rings is 1. The summed E-state index contributed by atoms with van der Waals surface area (Å²) in [4.78, 5) is 32.4. The van der Waals surface area contributed by atoms with Crippen LogP contribution < -0.4 is 24.4 Å².